The number of hydrogen-bond acceptors (Lipinski definition) is 4. The Bertz CT molecular complexity index is 788. The monoisotopic (exact) mass is 383 g/mol. The van der Waals surface area contributed by atoms with E-state index in [2.05, 4.69) is 24.5 Å². The molecule has 0 aliphatic rings. The molecular formula is C23H30FN3O. The average Bonchev–Trinajstić information content (AvgIpc) is 2.72. The summed E-state index contributed by atoms with van der Waals surface area (Å²) in [5.41, 5.74) is 2.59. The highest BCUT2D eigenvalue weighted by Gasteiger charge is 2.11. The minimum absolute atomic E-state index is 0.0995. The predicted molar refractivity (Wildman–Crippen MR) is 112 cm³/mol. The number of aliphatic hydroxyl groups is 1. The second-order valence-electron chi connectivity index (χ2n) is 7.16. The van der Waals surface area contributed by atoms with Crippen LogP contribution >= 0.6 is 0 Å². The minimum Gasteiger partial charge on any atom is -0.387 e. The maximum Gasteiger partial charge on any atom is 0.144 e. The first-order valence-electron chi connectivity index (χ1n) is 9.98. The van der Waals surface area contributed by atoms with Gasteiger partial charge in [0.05, 0.1) is 11.7 Å². The lowest BCUT2D eigenvalue weighted by Gasteiger charge is -2.18. The van der Waals surface area contributed by atoms with E-state index in [4.69, 9.17) is 5.26 Å². The molecule has 0 aliphatic carbocycles. The van der Waals surface area contributed by atoms with Crippen LogP contribution in [0.5, 0.6) is 0 Å². The molecule has 0 aliphatic heterocycles. The van der Waals surface area contributed by atoms with Crippen molar-refractivity contribution in [3.05, 3.63) is 65.0 Å². The summed E-state index contributed by atoms with van der Waals surface area (Å²) in [4.78, 5) is 0. The van der Waals surface area contributed by atoms with Gasteiger partial charge in [-0.25, -0.2) is 4.39 Å². The van der Waals surface area contributed by atoms with Gasteiger partial charge in [-0.2, -0.15) is 5.26 Å². The van der Waals surface area contributed by atoms with E-state index in [9.17, 15) is 9.50 Å². The molecule has 2 aromatic carbocycles. The van der Waals surface area contributed by atoms with Gasteiger partial charge in [0.1, 0.15) is 11.9 Å². The standard InChI is InChI=1S/C23H30FN3O/c1-3-13-26-21-12-6-10-19(14-21)22(28)16-27-17(2)7-4-8-18-9-5-11-20(15-25)23(18)24/h5-6,9-12,14,17,22,26-28H,3-4,7-8,13,16H2,1-2H3. The molecule has 0 bridgehead atoms. The molecule has 0 saturated carbocycles. The van der Waals surface area contributed by atoms with Crippen molar-refractivity contribution in [1.29, 1.82) is 5.26 Å². The third kappa shape index (κ3) is 6.63. The van der Waals surface area contributed by atoms with Gasteiger partial charge in [0.15, 0.2) is 0 Å². The van der Waals surface area contributed by atoms with Gasteiger partial charge in [-0.3, -0.25) is 0 Å². The third-order valence-electron chi connectivity index (χ3n) is 4.79. The second kappa shape index (κ2) is 11.4. The maximum atomic E-state index is 14.1. The number of benzene rings is 2. The molecule has 0 amide bonds. The van der Waals surface area contributed by atoms with E-state index in [1.807, 2.05) is 30.3 Å². The van der Waals surface area contributed by atoms with Crippen molar-refractivity contribution in [1.82, 2.24) is 5.32 Å². The Labute approximate surface area is 167 Å². The van der Waals surface area contributed by atoms with Crippen molar-refractivity contribution in [2.45, 2.75) is 51.7 Å². The minimum atomic E-state index is -0.574. The number of aryl methyl sites for hydroxylation is 1. The van der Waals surface area contributed by atoms with Gasteiger partial charge in [0, 0.05) is 24.8 Å². The van der Waals surface area contributed by atoms with Crippen LogP contribution in [0.25, 0.3) is 0 Å². The zero-order valence-corrected chi connectivity index (χ0v) is 16.7. The van der Waals surface area contributed by atoms with Crippen molar-refractivity contribution in [3.8, 4) is 6.07 Å². The fourth-order valence-corrected chi connectivity index (χ4v) is 3.12. The van der Waals surface area contributed by atoms with Gasteiger partial charge in [-0.1, -0.05) is 31.2 Å². The zero-order chi connectivity index (χ0) is 20.4. The molecule has 150 valence electrons. The molecule has 0 spiro atoms. The van der Waals surface area contributed by atoms with Crippen LogP contribution in [0.1, 0.15) is 55.9 Å². The summed E-state index contributed by atoms with van der Waals surface area (Å²) >= 11 is 0. The quantitative estimate of drug-likeness (QED) is 0.532. The first-order chi connectivity index (χ1) is 13.5. The van der Waals surface area contributed by atoms with Crippen LogP contribution in [0.3, 0.4) is 0 Å². The Morgan fingerprint density at radius 3 is 2.75 bits per heavy atom. The average molecular weight is 384 g/mol. The lowest BCUT2D eigenvalue weighted by molar-refractivity contribution is 0.170. The Morgan fingerprint density at radius 2 is 2.00 bits per heavy atom. The van der Waals surface area contributed by atoms with Gasteiger partial charge < -0.3 is 15.7 Å². The lowest BCUT2D eigenvalue weighted by Crippen LogP contribution is -2.30. The molecule has 0 aromatic heterocycles. The van der Waals surface area contributed by atoms with Crippen LogP contribution in [0.15, 0.2) is 42.5 Å². The molecule has 28 heavy (non-hydrogen) atoms. The molecule has 0 radical (unpaired) electrons. The van der Waals surface area contributed by atoms with Crippen LogP contribution in [0, 0.1) is 17.1 Å². The van der Waals surface area contributed by atoms with E-state index < -0.39 is 11.9 Å². The second-order valence-corrected chi connectivity index (χ2v) is 7.16. The SMILES string of the molecule is CCCNc1cccc(C(O)CNC(C)CCCc2cccc(C#N)c2F)c1. The molecule has 2 aromatic rings. The summed E-state index contributed by atoms with van der Waals surface area (Å²) in [6, 6.07) is 14.9. The van der Waals surface area contributed by atoms with Crippen LogP contribution in [0.4, 0.5) is 10.1 Å². The summed E-state index contributed by atoms with van der Waals surface area (Å²) in [6.07, 6.45) is 2.75. The van der Waals surface area contributed by atoms with E-state index in [1.54, 1.807) is 12.1 Å². The number of rotatable bonds is 11. The predicted octanol–water partition coefficient (Wildman–Crippen LogP) is 4.55. The molecule has 5 heteroatoms. The fraction of sp³-hybridized carbons (Fsp3) is 0.435. The molecule has 2 unspecified atom stereocenters. The van der Waals surface area contributed by atoms with Crippen molar-refractivity contribution in [2.75, 3.05) is 18.4 Å². The largest absolute Gasteiger partial charge is 0.387 e. The van der Waals surface area contributed by atoms with E-state index in [0.29, 0.717) is 18.5 Å². The summed E-state index contributed by atoms with van der Waals surface area (Å²) in [7, 11) is 0. The van der Waals surface area contributed by atoms with Crippen molar-refractivity contribution >= 4 is 5.69 Å². The Balaban J connectivity index is 1.76. The molecule has 0 fully saturated rings. The van der Waals surface area contributed by atoms with Gasteiger partial charge >= 0.3 is 0 Å². The number of aliphatic hydroxyl groups excluding tert-OH is 1. The first kappa shape index (κ1) is 21.9. The number of hydrogen-bond donors (Lipinski definition) is 3. The van der Waals surface area contributed by atoms with E-state index in [0.717, 1.165) is 37.1 Å². The third-order valence-corrected chi connectivity index (χ3v) is 4.79. The number of nitriles is 1. The summed E-state index contributed by atoms with van der Waals surface area (Å²) < 4.78 is 14.1. The first-order valence-corrected chi connectivity index (χ1v) is 9.98. The molecule has 4 nitrogen and oxygen atoms in total. The highest BCUT2D eigenvalue weighted by molar-refractivity contribution is 5.46. The zero-order valence-electron chi connectivity index (χ0n) is 16.7. The van der Waals surface area contributed by atoms with E-state index >= 15 is 0 Å². The summed E-state index contributed by atoms with van der Waals surface area (Å²) in [6.45, 7) is 5.56. The molecular weight excluding hydrogens is 353 g/mol. The van der Waals surface area contributed by atoms with Gasteiger partial charge in [0.2, 0.25) is 0 Å². The molecule has 3 N–H and O–H groups in total. The van der Waals surface area contributed by atoms with Crippen molar-refractivity contribution in [2.24, 2.45) is 0 Å². The highest BCUT2D eigenvalue weighted by Crippen LogP contribution is 2.18. The molecule has 2 rings (SSSR count). The summed E-state index contributed by atoms with van der Waals surface area (Å²) in [5.74, 6) is -0.405. The highest BCUT2D eigenvalue weighted by atomic mass is 19.1. The van der Waals surface area contributed by atoms with Gasteiger partial charge in [-0.05, 0) is 61.9 Å². The lowest BCUT2D eigenvalue weighted by atomic mass is 10.0. The maximum absolute atomic E-state index is 14.1. The molecule has 2 atom stereocenters. The van der Waals surface area contributed by atoms with E-state index in [1.165, 1.54) is 6.07 Å². The van der Waals surface area contributed by atoms with Crippen LogP contribution in [-0.4, -0.2) is 24.2 Å². The normalized spacial score (nSPS) is 13.0. The Kier molecular flexibility index (Phi) is 8.93. The van der Waals surface area contributed by atoms with Crippen LogP contribution in [0.2, 0.25) is 0 Å². The smallest absolute Gasteiger partial charge is 0.144 e. The number of nitrogens with zero attached hydrogens (tertiary/aromatic N) is 1. The fourth-order valence-electron chi connectivity index (χ4n) is 3.12. The summed E-state index contributed by atoms with van der Waals surface area (Å²) in [5, 5.41) is 26.0. The molecule has 0 saturated heterocycles. The Morgan fingerprint density at radius 1 is 1.21 bits per heavy atom. The van der Waals surface area contributed by atoms with Crippen LogP contribution in [-0.2, 0) is 6.42 Å². The molecule has 0 heterocycles. The topological polar surface area (TPSA) is 68.1 Å². The van der Waals surface area contributed by atoms with Crippen molar-refractivity contribution in [3.63, 3.8) is 0 Å². The number of nitrogens with one attached hydrogen (secondary N) is 2. The van der Waals surface area contributed by atoms with Gasteiger partial charge in [0.25, 0.3) is 0 Å². The number of anilines is 1. The van der Waals surface area contributed by atoms with Crippen molar-refractivity contribution < 1.29 is 9.50 Å². The Hall–Kier alpha value is -2.42. The van der Waals surface area contributed by atoms with E-state index in [-0.39, 0.29) is 11.6 Å². The van der Waals surface area contributed by atoms with Crippen LogP contribution < -0.4 is 10.6 Å². The van der Waals surface area contributed by atoms with Gasteiger partial charge in [-0.15, -0.1) is 0 Å². The number of halogens is 1.